The van der Waals surface area contributed by atoms with Gasteiger partial charge in [0.2, 0.25) is 10.0 Å². The van der Waals surface area contributed by atoms with Gasteiger partial charge in [0.1, 0.15) is 16.9 Å². The first kappa shape index (κ1) is 22.0. The number of nitrogens with two attached hydrogens (primary N) is 1. The summed E-state index contributed by atoms with van der Waals surface area (Å²) >= 11 is 0. The van der Waals surface area contributed by atoms with Crippen LogP contribution in [0, 0.1) is 0 Å². The third-order valence-electron chi connectivity index (χ3n) is 4.04. The monoisotopic (exact) mass is 446 g/mol. The number of sulfonamides is 1. The van der Waals surface area contributed by atoms with Gasteiger partial charge in [0, 0.05) is 17.1 Å². The number of ether oxygens (including phenoxy) is 2. The first-order valence-corrected chi connectivity index (χ1v) is 10.5. The highest BCUT2D eigenvalue weighted by Gasteiger charge is 2.15. The molecular formula is C20H18N2O8S. The lowest BCUT2D eigenvalue weighted by atomic mass is 10.2. The van der Waals surface area contributed by atoms with Crippen LogP contribution in [0.1, 0.15) is 17.3 Å². The van der Waals surface area contributed by atoms with E-state index in [2.05, 4.69) is 5.32 Å². The number of rotatable bonds is 7. The molecule has 0 radical (unpaired) electrons. The molecule has 0 fully saturated rings. The molecule has 31 heavy (non-hydrogen) atoms. The van der Waals surface area contributed by atoms with Crippen LogP contribution in [0.15, 0.2) is 62.6 Å². The number of benzene rings is 2. The van der Waals surface area contributed by atoms with Crippen LogP contribution in [0.2, 0.25) is 0 Å². The number of esters is 1. The van der Waals surface area contributed by atoms with Crippen LogP contribution in [-0.4, -0.2) is 33.5 Å². The normalized spacial score (nSPS) is 11.2. The fraction of sp³-hybridized carbons (Fsp3) is 0.150. The zero-order valence-corrected chi connectivity index (χ0v) is 17.1. The maximum atomic E-state index is 12.1. The quantitative estimate of drug-likeness (QED) is 0.410. The summed E-state index contributed by atoms with van der Waals surface area (Å²) in [4.78, 5) is 35.8. The van der Waals surface area contributed by atoms with Crippen molar-refractivity contribution in [3.8, 4) is 5.75 Å². The summed E-state index contributed by atoms with van der Waals surface area (Å²) in [5, 5.41) is 8.05. The molecule has 1 aromatic heterocycles. The van der Waals surface area contributed by atoms with Crippen molar-refractivity contribution < 1.29 is 31.9 Å². The number of fused-ring (bicyclic) bond motifs is 1. The highest BCUT2D eigenvalue weighted by molar-refractivity contribution is 7.89. The third-order valence-corrected chi connectivity index (χ3v) is 4.97. The van der Waals surface area contributed by atoms with Gasteiger partial charge in [-0.3, -0.25) is 4.79 Å². The molecule has 3 aromatic rings. The number of carbonyl (C=O) groups excluding carboxylic acids is 2. The van der Waals surface area contributed by atoms with E-state index in [-0.39, 0.29) is 35.0 Å². The second kappa shape index (κ2) is 8.98. The Balaban J connectivity index is 1.66. The van der Waals surface area contributed by atoms with E-state index in [4.69, 9.17) is 19.0 Å². The molecule has 0 spiro atoms. The standard InChI is InChI=1S/C20H18N2O8S/c1-2-28-19(24)16-9-12-3-6-14(10-17(12)30-20(16)25)29-11-18(23)22-13-4-7-15(8-5-13)31(21,26)27/h3-10H,2,11H2,1H3,(H,22,23)(H2,21,26,27). The van der Waals surface area contributed by atoms with E-state index in [0.29, 0.717) is 11.1 Å². The average molecular weight is 446 g/mol. The van der Waals surface area contributed by atoms with Crippen LogP contribution in [0.3, 0.4) is 0 Å². The van der Waals surface area contributed by atoms with Gasteiger partial charge in [-0.2, -0.15) is 0 Å². The smallest absolute Gasteiger partial charge is 0.351 e. The van der Waals surface area contributed by atoms with Gasteiger partial charge in [-0.1, -0.05) is 0 Å². The van der Waals surface area contributed by atoms with Crippen LogP contribution in [0.5, 0.6) is 5.75 Å². The van der Waals surface area contributed by atoms with Gasteiger partial charge < -0.3 is 19.2 Å². The van der Waals surface area contributed by atoms with E-state index >= 15 is 0 Å². The number of carbonyl (C=O) groups is 2. The fourth-order valence-corrected chi connectivity index (χ4v) is 3.12. The maximum absolute atomic E-state index is 12.1. The highest BCUT2D eigenvalue weighted by Crippen LogP contribution is 2.21. The molecule has 1 amide bonds. The lowest BCUT2D eigenvalue weighted by Crippen LogP contribution is -2.20. The molecule has 0 bridgehead atoms. The Morgan fingerprint density at radius 3 is 2.45 bits per heavy atom. The summed E-state index contributed by atoms with van der Waals surface area (Å²) in [6, 6.07) is 11.2. The second-order valence-corrected chi connectivity index (χ2v) is 7.84. The molecule has 0 aliphatic carbocycles. The summed E-state index contributed by atoms with van der Waals surface area (Å²) < 4.78 is 37.8. The van der Waals surface area contributed by atoms with Gasteiger partial charge in [-0.15, -0.1) is 0 Å². The Hall–Kier alpha value is -3.70. The van der Waals surface area contributed by atoms with E-state index in [1.165, 1.54) is 36.4 Å². The van der Waals surface area contributed by atoms with Crippen molar-refractivity contribution in [3.63, 3.8) is 0 Å². The zero-order valence-electron chi connectivity index (χ0n) is 16.3. The molecule has 10 nitrogen and oxygen atoms in total. The molecule has 3 N–H and O–H groups in total. The highest BCUT2D eigenvalue weighted by atomic mass is 32.2. The van der Waals surface area contributed by atoms with Crippen LogP contribution >= 0.6 is 0 Å². The first-order valence-electron chi connectivity index (χ1n) is 8.98. The summed E-state index contributed by atoms with van der Waals surface area (Å²) in [6.07, 6.45) is 0. The molecule has 3 rings (SSSR count). The van der Waals surface area contributed by atoms with Crippen molar-refractivity contribution in [3.05, 3.63) is 64.5 Å². The van der Waals surface area contributed by atoms with E-state index in [9.17, 15) is 22.8 Å². The van der Waals surface area contributed by atoms with Gasteiger partial charge in [0.25, 0.3) is 5.91 Å². The maximum Gasteiger partial charge on any atom is 0.351 e. The summed E-state index contributed by atoms with van der Waals surface area (Å²) in [5.41, 5.74) is -0.522. The number of hydrogen-bond acceptors (Lipinski definition) is 8. The molecular weight excluding hydrogens is 428 g/mol. The molecule has 0 aliphatic rings. The Morgan fingerprint density at radius 1 is 1.10 bits per heavy atom. The number of amides is 1. The fourth-order valence-electron chi connectivity index (χ4n) is 2.61. The molecule has 11 heteroatoms. The summed E-state index contributed by atoms with van der Waals surface area (Å²) in [5.74, 6) is -1.01. The topological polar surface area (TPSA) is 155 Å². The Labute approximate surface area is 176 Å². The molecule has 0 saturated carbocycles. The number of nitrogens with one attached hydrogen (secondary N) is 1. The van der Waals surface area contributed by atoms with Gasteiger partial charge in [0.05, 0.1) is 11.5 Å². The van der Waals surface area contributed by atoms with E-state index in [1.807, 2.05) is 0 Å². The largest absolute Gasteiger partial charge is 0.484 e. The van der Waals surface area contributed by atoms with Crippen molar-refractivity contribution >= 4 is 38.6 Å². The lowest BCUT2D eigenvalue weighted by molar-refractivity contribution is -0.118. The van der Waals surface area contributed by atoms with E-state index in [0.717, 1.165) is 0 Å². The average Bonchev–Trinajstić information content (AvgIpc) is 2.71. The SMILES string of the molecule is CCOC(=O)c1cc2ccc(OCC(=O)Nc3ccc(S(N)(=O)=O)cc3)cc2oc1=O. The molecule has 162 valence electrons. The first-order chi connectivity index (χ1) is 14.7. The minimum absolute atomic E-state index is 0.0782. The molecule has 1 heterocycles. The molecule has 2 aromatic carbocycles. The molecule has 0 saturated heterocycles. The van der Waals surface area contributed by atoms with Crippen molar-refractivity contribution in [1.29, 1.82) is 0 Å². The molecule has 0 unspecified atom stereocenters. The summed E-state index contributed by atoms with van der Waals surface area (Å²) in [7, 11) is -3.82. The van der Waals surface area contributed by atoms with Crippen molar-refractivity contribution in [2.75, 3.05) is 18.5 Å². The van der Waals surface area contributed by atoms with Gasteiger partial charge in [-0.05, 0) is 49.4 Å². The minimum Gasteiger partial charge on any atom is -0.484 e. The number of primary sulfonamides is 1. The molecule has 0 aliphatic heterocycles. The number of anilines is 1. The van der Waals surface area contributed by atoms with Crippen LogP contribution in [-0.2, 0) is 19.6 Å². The third kappa shape index (κ3) is 5.47. The van der Waals surface area contributed by atoms with Crippen LogP contribution in [0.25, 0.3) is 11.0 Å². The second-order valence-electron chi connectivity index (χ2n) is 6.27. The lowest BCUT2D eigenvalue weighted by Gasteiger charge is -2.09. The van der Waals surface area contributed by atoms with Crippen LogP contribution in [0.4, 0.5) is 5.69 Å². The summed E-state index contributed by atoms with van der Waals surface area (Å²) in [6.45, 7) is 1.40. The predicted octanol–water partition coefficient (Wildman–Crippen LogP) is 1.63. The minimum atomic E-state index is -3.82. The zero-order chi connectivity index (χ0) is 22.6. The molecule has 0 atom stereocenters. The predicted molar refractivity (Wildman–Crippen MR) is 110 cm³/mol. The Bertz CT molecular complexity index is 1300. The van der Waals surface area contributed by atoms with Crippen molar-refractivity contribution in [2.24, 2.45) is 5.14 Å². The van der Waals surface area contributed by atoms with Gasteiger partial charge in [-0.25, -0.2) is 23.1 Å². The van der Waals surface area contributed by atoms with Gasteiger partial charge >= 0.3 is 11.6 Å². The van der Waals surface area contributed by atoms with E-state index in [1.54, 1.807) is 19.1 Å². The van der Waals surface area contributed by atoms with Crippen molar-refractivity contribution in [1.82, 2.24) is 0 Å². The van der Waals surface area contributed by atoms with Crippen molar-refractivity contribution in [2.45, 2.75) is 11.8 Å². The van der Waals surface area contributed by atoms with E-state index < -0.39 is 27.5 Å². The Kier molecular flexibility index (Phi) is 6.37. The van der Waals surface area contributed by atoms with Crippen LogP contribution < -0.4 is 20.8 Å². The number of hydrogen-bond donors (Lipinski definition) is 2. The van der Waals surface area contributed by atoms with Gasteiger partial charge in [0.15, 0.2) is 6.61 Å². The Morgan fingerprint density at radius 2 is 1.81 bits per heavy atom.